The molecule has 8 heteroatoms. The lowest BCUT2D eigenvalue weighted by Crippen LogP contribution is -2.39. The van der Waals surface area contributed by atoms with Gasteiger partial charge in [-0.05, 0) is 56.2 Å². The molecule has 3 rings (SSSR count). The smallest absolute Gasteiger partial charge is 0.191 e. The molecule has 1 unspecified atom stereocenters. The van der Waals surface area contributed by atoms with Gasteiger partial charge in [-0.2, -0.15) is 0 Å². The average Bonchev–Trinajstić information content (AvgIpc) is 3.30. The first-order chi connectivity index (χ1) is 13.0. The van der Waals surface area contributed by atoms with Crippen molar-refractivity contribution in [1.82, 2.24) is 15.6 Å². The number of H-pyrrole nitrogens is 1. The van der Waals surface area contributed by atoms with Crippen LogP contribution in [0.1, 0.15) is 25.2 Å². The minimum absolute atomic E-state index is 0. The number of fused-ring (bicyclic) bond motifs is 1. The Labute approximate surface area is 180 Å². The highest BCUT2D eigenvalue weighted by atomic mass is 127. The molecule has 0 saturated heterocycles. The molecule has 2 heterocycles. The first-order valence-electron chi connectivity index (χ1n) is 9.03. The molecule has 0 radical (unpaired) electrons. The Bertz CT molecular complexity index is 906. The van der Waals surface area contributed by atoms with E-state index in [1.165, 1.54) is 12.3 Å². The predicted octanol–water partition coefficient (Wildman–Crippen LogP) is 3.52. The summed E-state index contributed by atoms with van der Waals surface area (Å²) in [6, 6.07) is 8.19. The number of nitrogens with zero attached hydrogens (tertiary/aromatic N) is 1. The van der Waals surface area contributed by atoms with Crippen LogP contribution in [0.25, 0.3) is 10.9 Å². The Hall–Kier alpha value is -2.07. The molecular weight excluding hydrogens is 474 g/mol. The van der Waals surface area contributed by atoms with Gasteiger partial charge in [-0.25, -0.2) is 9.38 Å². The summed E-state index contributed by atoms with van der Waals surface area (Å²) in [5, 5.41) is 17.8. The van der Waals surface area contributed by atoms with Crippen LogP contribution in [0.15, 0.2) is 52.2 Å². The van der Waals surface area contributed by atoms with E-state index in [1.807, 2.05) is 13.1 Å². The minimum Gasteiger partial charge on any atom is -0.466 e. The highest BCUT2D eigenvalue weighted by Gasteiger charge is 2.26. The van der Waals surface area contributed by atoms with Crippen LogP contribution in [0, 0.1) is 5.82 Å². The zero-order chi connectivity index (χ0) is 19.3. The van der Waals surface area contributed by atoms with Crippen molar-refractivity contribution in [2.24, 2.45) is 4.99 Å². The Balaban J connectivity index is 0.00000280. The minimum atomic E-state index is -1.18. The van der Waals surface area contributed by atoms with Crippen molar-refractivity contribution in [3.05, 3.63) is 59.9 Å². The van der Waals surface area contributed by atoms with Gasteiger partial charge in [0.1, 0.15) is 17.2 Å². The van der Waals surface area contributed by atoms with Gasteiger partial charge in [0, 0.05) is 30.2 Å². The molecule has 2 aromatic heterocycles. The summed E-state index contributed by atoms with van der Waals surface area (Å²) in [4.78, 5) is 7.61. The number of rotatable bonds is 7. The molecule has 0 aliphatic rings. The van der Waals surface area contributed by atoms with Gasteiger partial charge >= 0.3 is 0 Å². The summed E-state index contributed by atoms with van der Waals surface area (Å²) in [6.07, 6.45) is 4.14. The number of hydrogen-bond donors (Lipinski definition) is 4. The topological polar surface area (TPSA) is 85.6 Å². The number of guanidine groups is 1. The number of aliphatic hydroxyl groups is 1. The Morgan fingerprint density at radius 2 is 2.14 bits per heavy atom. The van der Waals surface area contributed by atoms with Crippen LogP contribution in [-0.2, 0) is 12.0 Å². The quantitative estimate of drug-likeness (QED) is 0.227. The van der Waals surface area contributed by atoms with E-state index in [1.54, 1.807) is 31.2 Å². The summed E-state index contributed by atoms with van der Waals surface area (Å²) in [6.45, 7) is 5.13. The Morgan fingerprint density at radius 3 is 2.86 bits per heavy atom. The molecular formula is C20H26FIN4O2. The molecule has 152 valence electrons. The Morgan fingerprint density at radius 1 is 1.32 bits per heavy atom. The van der Waals surface area contributed by atoms with Crippen molar-refractivity contribution >= 4 is 40.8 Å². The second-order valence-electron chi connectivity index (χ2n) is 6.63. The van der Waals surface area contributed by atoms with Crippen molar-refractivity contribution in [1.29, 1.82) is 0 Å². The van der Waals surface area contributed by atoms with E-state index in [2.05, 4.69) is 20.6 Å². The van der Waals surface area contributed by atoms with Crippen LogP contribution in [-0.4, -0.2) is 35.7 Å². The van der Waals surface area contributed by atoms with Gasteiger partial charge in [-0.3, -0.25) is 0 Å². The van der Waals surface area contributed by atoms with Gasteiger partial charge in [0.15, 0.2) is 5.96 Å². The maximum atomic E-state index is 13.5. The van der Waals surface area contributed by atoms with E-state index in [4.69, 9.17) is 4.42 Å². The van der Waals surface area contributed by atoms with Crippen molar-refractivity contribution in [3.8, 4) is 0 Å². The number of nitrogens with one attached hydrogen (secondary N) is 3. The standard InChI is InChI=1S/C20H25FN4O2.HI/c1-3-22-19(25-13-20(2,26)18-5-4-10-27-18)23-9-8-14-12-24-17-7-6-15(21)11-16(14)17;/h4-7,10-12,24,26H,3,8-9,13H2,1-2H3,(H2,22,23,25);1H. The van der Waals surface area contributed by atoms with E-state index in [0.29, 0.717) is 31.2 Å². The lowest BCUT2D eigenvalue weighted by Gasteiger charge is -2.19. The number of benzene rings is 1. The summed E-state index contributed by atoms with van der Waals surface area (Å²) >= 11 is 0. The van der Waals surface area contributed by atoms with E-state index in [0.717, 1.165) is 16.5 Å². The molecule has 0 amide bonds. The molecule has 0 saturated carbocycles. The van der Waals surface area contributed by atoms with Gasteiger partial charge < -0.3 is 25.1 Å². The fourth-order valence-corrected chi connectivity index (χ4v) is 2.91. The van der Waals surface area contributed by atoms with Gasteiger partial charge in [-0.15, -0.1) is 24.0 Å². The third kappa shape index (κ3) is 5.48. The van der Waals surface area contributed by atoms with Gasteiger partial charge in [0.05, 0.1) is 12.8 Å². The highest BCUT2D eigenvalue weighted by molar-refractivity contribution is 14.0. The second-order valence-corrected chi connectivity index (χ2v) is 6.63. The van der Waals surface area contributed by atoms with Crippen LogP contribution in [0.4, 0.5) is 4.39 Å². The highest BCUT2D eigenvalue weighted by Crippen LogP contribution is 2.21. The van der Waals surface area contributed by atoms with Gasteiger partial charge in [0.25, 0.3) is 0 Å². The third-order valence-corrected chi connectivity index (χ3v) is 4.36. The number of aromatic amines is 1. The van der Waals surface area contributed by atoms with Crippen LogP contribution in [0.5, 0.6) is 0 Å². The Kier molecular flexibility index (Phi) is 7.88. The number of hydrogen-bond acceptors (Lipinski definition) is 3. The van der Waals surface area contributed by atoms with Crippen LogP contribution >= 0.6 is 24.0 Å². The molecule has 3 aromatic rings. The van der Waals surface area contributed by atoms with Gasteiger partial charge in [0.2, 0.25) is 0 Å². The largest absolute Gasteiger partial charge is 0.466 e. The fraction of sp³-hybridized carbons (Fsp3) is 0.350. The molecule has 1 atom stereocenters. The SMILES string of the molecule is CCNC(=NCC(C)(O)c1ccco1)NCCc1c[nH]c2ccc(F)cc12.I. The van der Waals surface area contributed by atoms with E-state index < -0.39 is 5.60 Å². The molecule has 0 spiro atoms. The first kappa shape index (κ1) is 22.2. The molecule has 6 nitrogen and oxygen atoms in total. The van der Waals surface area contributed by atoms with Crippen molar-refractivity contribution in [3.63, 3.8) is 0 Å². The summed E-state index contributed by atoms with van der Waals surface area (Å²) in [5.74, 6) is 0.838. The maximum absolute atomic E-state index is 13.5. The molecule has 4 N–H and O–H groups in total. The van der Waals surface area contributed by atoms with Crippen molar-refractivity contribution < 1.29 is 13.9 Å². The zero-order valence-electron chi connectivity index (χ0n) is 16.0. The number of aromatic nitrogens is 1. The van der Waals surface area contributed by atoms with Gasteiger partial charge in [-0.1, -0.05) is 0 Å². The van der Waals surface area contributed by atoms with Crippen LogP contribution < -0.4 is 10.6 Å². The van der Waals surface area contributed by atoms with Crippen molar-refractivity contribution in [2.45, 2.75) is 25.9 Å². The number of furan rings is 1. The first-order valence-corrected chi connectivity index (χ1v) is 9.03. The van der Waals surface area contributed by atoms with E-state index in [-0.39, 0.29) is 36.3 Å². The molecule has 0 fully saturated rings. The van der Waals surface area contributed by atoms with E-state index in [9.17, 15) is 9.50 Å². The molecule has 0 aliphatic heterocycles. The average molecular weight is 500 g/mol. The normalized spacial score (nSPS) is 13.8. The third-order valence-electron chi connectivity index (χ3n) is 4.36. The summed E-state index contributed by atoms with van der Waals surface area (Å²) in [7, 11) is 0. The maximum Gasteiger partial charge on any atom is 0.191 e. The molecule has 1 aromatic carbocycles. The molecule has 28 heavy (non-hydrogen) atoms. The fourth-order valence-electron chi connectivity index (χ4n) is 2.91. The molecule has 0 bridgehead atoms. The lowest BCUT2D eigenvalue weighted by molar-refractivity contribution is 0.0437. The van der Waals surface area contributed by atoms with Crippen LogP contribution in [0.3, 0.4) is 0 Å². The monoisotopic (exact) mass is 500 g/mol. The van der Waals surface area contributed by atoms with Crippen LogP contribution in [0.2, 0.25) is 0 Å². The number of aliphatic imine (C=N–C) groups is 1. The lowest BCUT2D eigenvalue weighted by atomic mass is 10.0. The zero-order valence-corrected chi connectivity index (χ0v) is 18.3. The second kappa shape index (κ2) is 9.92. The number of halogens is 2. The summed E-state index contributed by atoms with van der Waals surface area (Å²) < 4.78 is 18.8. The molecule has 0 aliphatic carbocycles. The predicted molar refractivity (Wildman–Crippen MR) is 120 cm³/mol. The van der Waals surface area contributed by atoms with Crippen molar-refractivity contribution in [2.75, 3.05) is 19.6 Å². The summed E-state index contributed by atoms with van der Waals surface area (Å²) in [5.41, 5.74) is 0.775. The van der Waals surface area contributed by atoms with E-state index >= 15 is 0 Å².